The van der Waals surface area contributed by atoms with Gasteiger partial charge in [-0.25, -0.2) is 4.39 Å². The number of halogens is 1. The molecule has 1 aliphatic carbocycles. The van der Waals surface area contributed by atoms with Crippen molar-refractivity contribution in [2.75, 3.05) is 11.9 Å². The van der Waals surface area contributed by atoms with Crippen molar-refractivity contribution < 1.29 is 4.39 Å². The first-order valence-corrected chi connectivity index (χ1v) is 8.33. The van der Waals surface area contributed by atoms with Gasteiger partial charge >= 0.3 is 0 Å². The van der Waals surface area contributed by atoms with Gasteiger partial charge in [0.15, 0.2) is 0 Å². The number of rotatable bonds is 6. The fourth-order valence-electron chi connectivity index (χ4n) is 2.72. The van der Waals surface area contributed by atoms with E-state index >= 15 is 0 Å². The molecular formula is C17H21FN2S. The molecule has 21 heavy (non-hydrogen) atoms. The summed E-state index contributed by atoms with van der Waals surface area (Å²) in [6, 6.07) is 10.2. The van der Waals surface area contributed by atoms with E-state index in [0.717, 1.165) is 17.8 Å². The molecule has 0 radical (unpaired) electrons. The summed E-state index contributed by atoms with van der Waals surface area (Å²) < 4.78 is 14.3. The summed E-state index contributed by atoms with van der Waals surface area (Å²) in [4.78, 5) is 3.70. The van der Waals surface area contributed by atoms with Crippen LogP contribution in [-0.2, 0) is 6.54 Å². The first-order valence-electron chi connectivity index (χ1n) is 7.45. The standard InChI is InChI=1S/C17H21FN2S/c1-12(19-2)17-15(18)6-3-7-16(17)20(13-8-9-13)11-14-5-4-10-21-14/h3-7,10,12-13,19H,8-9,11H2,1-2H3. The van der Waals surface area contributed by atoms with E-state index in [1.807, 2.05) is 20.0 Å². The van der Waals surface area contributed by atoms with Crippen molar-refractivity contribution in [2.45, 2.75) is 38.4 Å². The number of hydrogen-bond donors (Lipinski definition) is 1. The van der Waals surface area contributed by atoms with Gasteiger partial charge in [0.1, 0.15) is 5.82 Å². The molecule has 3 rings (SSSR count). The van der Waals surface area contributed by atoms with Gasteiger partial charge in [-0.1, -0.05) is 12.1 Å². The van der Waals surface area contributed by atoms with Crippen molar-refractivity contribution in [1.82, 2.24) is 5.32 Å². The Morgan fingerprint density at radius 1 is 1.33 bits per heavy atom. The van der Waals surface area contributed by atoms with Crippen LogP contribution in [0.1, 0.15) is 36.2 Å². The van der Waals surface area contributed by atoms with Gasteiger partial charge in [0.05, 0.1) is 6.54 Å². The summed E-state index contributed by atoms with van der Waals surface area (Å²) >= 11 is 1.76. The molecule has 1 aliphatic rings. The second-order valence-corrected chi connectivity index (χ2v) is 6.65. The normalized spacial score (nSPS) is 16.0. The highest BCUT2D eigenvalue weighted by molar-refractivity contribution is 7.09. The molecule has 2 nitrogen and oxygen atoms in total. The van der Waals surface area contributed by atoms with Crippen LogP contribution in [0.3, 0.4) is 0 Å². The molecule has 1 heterocycles. The summed E-state index contributed by atoms with van der Waals surface area (Å²) in [5.74, 6) is -0.119. The van der Waals surface area contributed by atoms with E-state index in [0.29, 0.717) is 6.04 Å². The molecule has 0 saturated heterocycles. The highest BCUT2D eigenvalue weighted by Gasteiger charge is 2.32. The Balaban J connectivity index is 1.97. The molecule has 1 saturated carbocycles. The number of anilines is 1. The van der Waals surface area contributed by atoms with Crippen LogP contribution in [0.5, 0.6) is 0 Å². The Kier molecular flexibility index (Phi) is 4.27. The van der Waals surface area contributed by atoms with Gasteiger partial charge in [0, 0.05) is 28.2 Å². The fraction of sp³-hybridized carbons (Fsp3) is 0.412. The number of nitrogens with zero attached hydrogens (tertiary/aromatic N) is 1. The minimum absolute atomic E-state index is 0.00536. The quantitative estimate of drug-likeness (QED) is 0.854. The second kappa shape index (κ2) is 6.16. The number of hydrogen-bond acceptors (Lipinski definition) is 3. The predicted octanol–water partition coefficient (Wildman–Crippen LogP) is 4.34. The largest absolute Gasteiger partial charge is 0.363 e. The fourth-order valence-corrected chi connectivity index (χ4v) is 3.42. The summed E-state index contributed by atoms with van der Waals surface area (Å²) in [6.07, 6.45) is 2.41. The minimum Gasteiger partial charge on any atom is -0.363 e. The van der Waals surface area contributed by atoms with E-state index < -0.39 is 0 Å². The van der Waals surface area contributed by atoms with E-state index in [4.69, 9.17) is 0 Å². The van der Waals surface area contributed by atoms with Gasteiger partial charge < -0.3 is 10.2 Å². The van der Waals surface area contributed by atoms with Crippen molar-refractivity contribution in [3.63, 3.8) is 0 Å². The lowest BCUT2D eigenvalue weighted by atomic mass is 10.0. The van der Waals surface area contributed by atoms with Gasteiger partial charge in [0.25, 0.3) is 0 Å². The maximum Gasteiger partial charge on any atom is 0.130 e. The molecule has 1 N–H and O–H groups in total. The Morgan fingerprint density at radius 3 is 2.76 bits per heavy atom. The predicted molar refractivity (Wildman–Crippen MR) is 87.4 cm³/mol. The van der Waals surface area contributed by atoms with Crippen LogP contribution in [0.4, 0.5) is 10.1 Å². The molecular weight excluding hydrogens is 283 g/mol. The molecule has 1 aromatic heterocycles. The number of benzene rings is 1. The maximum atomic E-state index is 14.3. The molecule has 1 atom stereocenters. The van der Waals surface area contributed by atoms with E-state index in [9.17, 15) is 4.39 Å². The Bertz CT molecular complexity index is 593. The first kappa shape index (κ1) is 14.5. The lowest BCUT2D eigenvalue weighted by Gasteiger charge is -2.29. The maximum absolute atomic E-state index is 14.3. The van der Waals surface area contributed by atoms with Crippen LogP contribution in [-0.4, -0.2) is 13.1 Å². The van der Waals surface area contributed by atoms with Crippen LogP contribution in [0, 0.1) is 5.82 Å². The zero-order valence-corrected chi connectivity index (χ0v) is 13.3. The van der Waals surface area contributed by atoms with Crippen LogP contribution in [0.15, 0.2) is 35.7 Å². The van der Waals surface area contributed by atoms with Crippen molar-refractivity contribution >= 4 is 17.0 Å². The number of nitrogens with one attached hydrogen (secondary N) is 1. The zero-order chi connectivity index (χ0) is 14.8. The summed E-state index contributed by atoms with van der Waals surface area (Å²) in [7, 11) is 1.88. The first-order chi connectivity index (χ1) is 10.2. The lowest BCUT2D eigenvalue weighted by Crippen LogP contribution is -2.28. The van der Waals surface area contributed by atoms with Gasteiger partial charge in [-0.3, -0.25) is 0 Å². The molecule has 112 valence electrons. The van der Waals surface area contributed by atoms with Gasteiger partial charge in [-0.05, 0) is 50.4 Å². The molecule has 1 aromatic carbocycles. The molecule has 4 heteroatoms. The molecule has 0 amide bonds. The molecule has 1 unspecified atom stereocenters. The van der Waals surface area contributed by atoms with Crippen molar-refractivity contribution in [3.05, 3.63) is 52.0 Å². The van der Waals surface area contributed by atoms with E-state index in [1.54, 1.807) is 17.4 Å². The van der Waals surface area contributed by atoms with E-state index in [2.05, 4.69) is 33.8 Å². The topological polar surface area (TPSA) is 15.3 Å². The van der Waals surface area contributed by atoms with Crippen LogP contribution >= 0.6 is 11.3 Å². The van der Waals surface area contributed by atoms with Gasteiger partial charge in [0.2, 0.25) is 0 Å². The smallest absolute Gasteiger partial charge is 0.130 e. The molecule has 2 aromatic rings. The second-order valence-electron chi connectivity index (χ2n) is 5.62. The summed E-state index contributed by atoms with van der Waals surface area (Å²) in [6.45, 7) is 2.88. The SMILES string of the molecule is CNC(C)c1c(F)cccc1N(Cc1cccs1)C1CC1. The molecule has 1 fully saturated rings. The Morgan fingerprint density at radius 2 is 2.14 bits per heavy atom. The van der Waals surface area contributed by atoms with Crippen LogP contribution in [0.25, 0.3) is 0 Å². The minimum atomic E-state index is -0.119. The zero-order valence-electron chi connectivity index (χ0n) is 12.5. The van der Waals surface area contributed by atoms with Crippen molar-refractivity contribution in [1.29, 1.82) is 0 Å². The average molecular weight is 304 g/mol. The molecule has 0 aliphatic heterocycles. The molecule has 0 spiro atoms. The average Bonchev–Trinajstić information content (AvgIpc) is 3.20. The van der Waals surface area contributed by atoms with Crippen molar-refractivity contribution in [2.24, 2.45) is 0 Å². The summed E-state index contributed by atoms with van der Waals surface area (Å²) in [5, 5.41) is 5.27. The highest BCUT2D eigenvalue weighted by atomic mass is 32.1. The van der Waals surface area contributed by atoms with Gasteiger partial charge in [-0.15, -0.1) is 11.3 Å². The Labute approximate surface area is 129 Å². The van der Waals surface area contributed by atoms with E-state index in [-0.39, 0.29) is 11.9 Å². The van der Waals surface area contributed by atoms with E-state index in [1.165, 1.54) is 17.7 Å². The number of thiophene rings is 1. The third-order valence-corrected chi connectivity index (χ3v) is 4.96. The van der Waals surface area contributed by atoms with Crippen LogP contribution in [0.2, 0.25) is 0 Å². The van der Waals surface area contributed by atoms with Crippen LogP contribution < -0.4 is 10.2 Å². The van der Waals surface area contributed by atoms with Gasteiger partial charge in [-0.2, -0.15) is 0 Å². The van der Waals surface area contributed by atoms with Crippen molar-refractivity contribution in [3.8, 4) is 0 Å². The third-order valence-electron chi connectivity index (χ3n) is 4.10. The monoisotopic (exact) mass is 304 g/mol. The summed E-state index contributed by atoms with van der Waals surface area (Å²) in [5.41, 5.74) is 1.82. The Hall–Kier alpha value is -1.39. The third kappa shape index (κ3) is 3.11. The molecule has 0 bridgehead atoms. The highest BCUT2D eigenvalue weighted by Crippen LogP contribution is 2.38. The lowest BCUT2D eigenvalue weighted by molar-refractivity contribution is 0.559.